The molecule has 7 nitrogen and oxygen atoms in total. The third kappa shape index (κ3) is 5.15. The lowest BCUT2D eigenvalue weighted by Gasteiger charge is -2.35. The molecule has 4 heterocycles. The number of aromatic amines is 2. The van der Waals surface area contributed by atoms with Crippen molar-refractivity contribution in [3.63, 3.8) is 0 Å². The fourth-order valence-corrected chi connectivity index (χ4v) is 6.17. The third-order valence-corrected chi connectivity index (χ3v) is 7.69. The second-order valence-corrected chi connectivity index (χ2v) is 11.2. The van der Waals surface area contributed by atoms with Crippen molar-refractivity contribution in [2.24, 2.45) is 4.99 Å². The van der Waals surface area contributed by atoms with Gasteiger partial charge in [-0.3, -0.25) is 14.9 Å². The van der Waals surface area contributed by atoms with Gasteiger partial charge in [0, 0.05) is 51.4 Å². The summed E-state index contributed by atoms with van der Waals surface area (Å²) in [5, 5.41) is 13.6. The molecule has 0 spiro atoms. The molecular weight excluding hydrogens is 492 g/mol. The Morgan fingerprint density at radius 3 is 2.86 bits per heavy atom. The number of nitrogens with zero attached hydrogens (tertiary/aromatic N) is 3. The normalized spacial score (nSPS) is 16.5. The van der Waals surface area contributed by atoms with Crippen LogP contribution in [0.25, 0.3) is 11.1 Å². The topological polar surface area (TPSA) is 98.8 Å². The van der Waals surface area contributed by atoms with E-state index in [1.807, 2.05) is 30.6 Å². The van der Waals surface area contributed by atoms with Crippen LogP contribution in [0.3, 0.4) is 0 Å². The molecule has 0 fully saturated rings. The van der Waals surface area contributed by atoms with Crippen LogP contribution in [-0.4, -0.2) is 31.5 Å². The van der Waals surface area contributed by atoms with E-state index in [-0.39, 0.29) is 11.1 Å². The molecular formula is C27H29ClN6OS. The number of hydrogen-bond donors (Lipinski definition) is 3. The van der Waals surface area contributed by atoms with Gasteiger partial charge in [0.15, 0.2) is 0 Å². The van der Waals surface area contributed by atoms with E-state index in [9.17, 15) is 4.79 Å². The molecule has 5 rings (SSSR count). The second kappa shape index (κ2) is 10.0. The number of thiophene rings is 1. The summed E-state index contributed by atoms with van der Waals surface area (Å²) in [7, 11) is 0. The highest BCUT2D eigenvalue weighted by Gasteiger charge is 2.30. The van der Waals surface area contributed by atoms with Crippen molar-refractivity contribution in [2.75, 3.05) is 0 Å². The number of benzene rings is 1. The predicted octanol–water partition coefficient (Wildman–Crippen LogP) is 5.48. The number of halogens is 1. The number of H-pyrrole nitrogens is 2. The summed E-state index contributed by atoms with van der Waals surface area (Å²) in [4.78, 5) is 26.3. The van der Waals surface area contributed by atoms with Crippen LogP contribution in [0.2, 0.25) is 5.02 Å². The summed E-state index contributed by atoms with van der Waals surface area (Å²) in [6, 6.07) is 6.96. The van der Waals surface area contributed by atoms with Gasteiger partial charge in [0.25, 0.3) is 5.56 Å². The molecule has 36 heavy (non-hydrogen) atoms. The minimum absolute atomic E-state index is 0.191. The summed E-state index contributed by atoms with van der Waals surface area (Å²) >= 11 is 8.09. The Kier molecular flexibility index (Phi) is 6.81. The lowest BCUT2D eigenvalue weighted by Crippen LogP contribution is -2.49. The molecule has 186 valence electrons. The van der Waals surface area contributed by atoms with Crippen molar-refractivity contribution in [3.8, 4) is 11.1 Å². The van der Waals surface area contributed by atoms with E-state index >= 15 is 0 Å². The maximum absolute atomic E-state index is 12.3. The van der Waals surface area contributed by atoms with Crippen molar-refractivity contribution in [2.45, 2.75) is 58.0 Å². The van der Waals surface area contributed by atoms with Crippen molar-refractivity contribution in [1.82, 2.24) is 25.5 Å². The van der Waals surface area contributed by atoms with E-state index in [0.29, 0.717) is 17.3 Å². The van der Waals surface area contributed by atoms with Crippen molar-refractivity contribution < 1.29 is 0 Å². The van der Waals surface area contributed by atoms with Crippen LogP contribution in [0, 0.1) is 0 Å². The first-order valence-corrected chi connectivity index (χ1v) is 13.4. The van der Waals surface area contributed by atoms with Crippen LogP contribution < -0.4 is 10.9 Å². The van der Waals surface area contributed by atoms with E-state index < -0.39 is 6.04 Å². The summed E-state index contributed by atoms with van der Waals surface area (Å²) in [6.07, 6.45) is 8.76. The molecule has 0 saturated heterocycles. The molecule has 1 aliphatic rings. The Balaban J connectivity index is 1.64. The minimum atomic E-state index is -0.394. The van der Waals surface area contributed by atoms with Gasteiger partial charge in [-0.2, -0.15) is 5.10 Å². The first kappa shape index (κ1) is 24.5. The van der Waals surface area contributed by atoms with Crippen LogP contribution in [0.4, 0.5) is 0 Å². The largest absolute Gasteiger partial charge is 0.365 e. The summed E-state index contributed by atoms with van der Waals surface area (Å²) in [5.74, 6) is 1.33. The summed E-state index contributed by atoms with van der Waals surface area (Å²) in [6.45, 7) is 6.49. The number of amidine groups is 1. The Hall–Kier alpha value is -3.23. The van der Waals surface area contributed by atoms with E-state index in [1.165, 1.54) is 16.5 Å². The fraction of sp³-hybridized carbons (Fsp3) is 0.333. The average Bonchev–Trinajstić information content (AvgIpc) is 3.48. The maximum atomic E-state index is 12.3. The number of rotatable bonds is 7. The Labute approximate surface area is 219 Å². The number of nitrogens with one attached hydrogen (secondary N) is 3. The molecule has 4 aromatic rings. The standard InChI is InChI=1S/C27H29ClN6OS/c1-4-5-23-20(21(15-36-23)17-13-30-31-14-17)11-22(26-29-9-8-24(35)33-26)32-25-19-7-6-18(28)10-16(19)12-27(2,3)34-25/h6-10,13-15,22H,4-5,11-12H2,1-3H3,(H,30,31)(H,32,34)(H,29,33,35). The van der Waals surface area contributed by atoms with Gasteiger partial charge in [-0.15, -0.1) is 11.3 Å². The van der Waals surface area contributed by atoms with Gasteiger partial charge in [-0.05, 0) is 67.0 Å². The number of hydrogen-bond acceptors (Lipinski definition) is 5. The molecule has 3 N–H and O–H groups in total. The fourth-order valence-electron chi connectivity index (χ4n) is 4.78. The summed E-state index contributed by atoms with van der Waals surface area (Å²) in [5.41, 5.74) is 5.19. The molecule has 0 aliphatic carbocycles. The zero-order valence-electron chi connectivity index (χ0n) is 20.6. The van der Waals surface area contributed by atoms with Gasteiger partial charge in [0.05, 0.1) is 6.20 Å². The molecule has 1 aromatic carbocycles. The van der Waals surface area contributed by atoms with Gasteiger partial charge < -0.3 is 10.3 Å². The molecule has 0 amide bonds. The van der Waals surface area contributed by atoms with Crippen molar-refractivity contribution >= 4 is 28.8 Å². The average molecular weight is 521 g/mol. The number of aryl methyl sites for hydroxylation is 1. The predicted molar refractivity (Wildman–Crippen MR) is 146 cm³/mol. The highest BCUT2D eigenvalue weighted by Crippen LogP contribution is 2.36. The van der Waals surface area contributed by atoms with Gasteiger partial charge in [-0.1, -0.05) is 24.9 Å². The lowest BCUT2D eigenvalue weighted by molar-refractivity contribution is 0.445. The van der Waals surface area contributed by atoms with E-state index in [2.05, 4.69) is 51.6 Å². The van der Waals surface area contributed by atoms with Gasteiger partial charge in [-0.25, -0.2) is 4.98 Å². The zero-order valence-corrected chi connectivity index (χ0v) is 22.1. The highest BCUT2D eigenvalue weighted by atomic mass is 35.5. The molecule has 3 aromatic heterocycles. The molecule has 1 unspecified atom stereocenters. The smallest absolute Gasteiger partial charge is 0.250 e. The SMILES string of the molecule is CCCc1scc(-c2cn[nH]c2)c1CC(N=C1NC(C)(C)Cc2cc(Cl)ccc21)c1nccc(=O)[nH]1. The number of aliphatic imine (C=N–C) groups is 1. The molecule has 0 saturated carbocycles. The second-order valence-electron chi connectivity index (χ2n) is 9.79. The van der Waals surface area contributed by atoms with Crippen molar-refractivity contribution in [3.05, 3.63) is 91.0 Å². The zero-order chi connectivity index (χ0) is 25.3. The molecule has 0 bridgehead atoms. The molecule has 1 atom stereocenters. The number of aromatic nitrogens is 4. The number of fused-ring (bicyclic) bond motifs is 1. The first-order valence-electron chi connectivity index (χ1n) is 12.1. The third-order valence-electron chi connectivity index (χ3n) is 6.37. The quantitative estimate of drug-likeness (QED) is 0.300. The Morgan fingerprint density at radius 2 is 2.11 bits per heavy atom. The van der Waals surface area contributed by atoms with Crippen LogP contribution in [0.5, 0.6) is 0 Å². The van der Waals surface area contributed by atoms with Crippen LogP contribution >= 0.6 is 22.9 Å². The van der Waals surface area contributed by atoms with Crippen LogP contribution in [0.15, 0.2) is 58.0 Å². The molecule has 9 heteroatoms. The van der Waals surface area contributed by atoms with E-state index in [4.69, 9.17) is 16.6 Å². The van der Waals surface area contributed by atoms with E-state index in [0.717, 1.165) is 47.4 Å². The monoisotopic (exact) mass is 520 g/mol. The summed E-state index contributed by atoms with van der Waals surface area (Å²) < 4.78 is 0. The van der Waals surface area contributed by atoms with Gasteiger partial charge in [0.2, 0.25) is 0 Å². The van der Waals surface area contributed by atoms with Crippen LogP contribution in [0.1, 0.15) is 60.6 Å². The van der Waals surface area contributed by atoms with Crippen molar-refractivity contribution in [1.29, 1.82) is 0 Å². The first-order chi connectivity index (χ1) is 17.3. The maximum Gasteiger partial charge on any atom is 0.250 e. The Bertz CT molecular complexity index is 1450. The highest BCUT2D eigenvalue weighted by molar-refractivity contribution is 7.10. The minimum Gasteiger partial charge on any atom is -0.365 e. The van der Waals surface area contributed by atoms with Crippen LogP contribution in [-0.2, 0) is 19.3 Å². The molecule has 1 aliphatic heterocycles. The lowest BCUT2D eigenvalue weighted by atomic mass is 9.87. The molecule has 0 radical (unpaired) electrons. The van der Waals surface area contributed by atoms with Gasteiger partial charge >= 0.3 is 0 Å². The van der Waals surface area contributed by atoms with Gasteiger partial charge in [0.1, 0.15) is 17.7 Å². The van der Waals surface area contributed by atoms with E-state index in [1.54, 1.807) is 17.5 Å². The Morgan fingerprint density at radius 1 is 1.25 bits per heavy atom.